The Morgan fingerprint density at radius 2 is 1.95 bits per heavy atom. The Morgan fingerprint density at radius 3 is 2.67 bits per heavy atom. The Kier molecular flexibility index (Phi) is 6.08. The third kappa shape index (κ3) is 5.78. The van der Waals surface area contributed by atoms with Crippen molar-refractivity contribution in [2.75, 3.05) is 6.61 Å². The van der Waals surface area contributed by atoms with Crippen LogP contribution in [0.5, 0.6) is 5.75 Å². The predicted molar refractivity (Wildman–Crippen MR) is 87.6 cm³/mol. The molecule has 0 saturated carbocycles. The van der Waals surface area contributed by atoms with Gasteiger partial charge in [-0.15, -0.1) is 0 Å². The van der Waals surface area contributed by atoms with Crippen LogP contribution in [-0.4, -0.2) is 12.5 Å². The zero-order valence-corrected chi connectivity index (χ0v) is 13.7. The van der Waals surface area contributed by atoms with Crippen LogP contribution in [0.2, 0.25) is 5.02 Å². The molecule has 0 fully saturated rings. The summed E-state index contributed by atoms with van der Waals surface area (Å²) in [5.41, 5.74) is 1.01. The summed E-state index contributed by atoms with van der Waals surface area (Å²) in [7, 11) is 0. The van der Waals surface area contributed by atoms with Gasteiger partial charge in [0.2, 0.25) is 5.91 Å². The lowest BCUT2D eigenvalue weighted by atomic mass is 10.2. The van der Waals surface area contributed by atoms with E-state index in [4.69, 9.17) is 16.3 Å². The fourth-order valence-corrected chi connectivity index (χ4v) is 2.21. The van der Waals surface area contributed by atoms with Crippen LogP contribution in [0, 0.1) is 0 Å². The average Bonchev–Trinajstić information content (AvgIpc) is 2.47. The molecule has 0 unspecified atom stereocenters. The first kappa shape index (κ1) is 15.9. The van der Waals surface area contributed by atoms with E-state index in [0.29, 0.717) is 24.6 Å². The number of benzene rings is 2. The third-order valence-corrected chi connectivity index (χ3v) is 3.54. The maximum Gasteiger partial charge on any atom is 0.223 e. The first-order valence-electron chi connectivity index (χ1n) is 6.53. The Hall–Kier alpha value is -1.52. The standard InChI is InChI=1S/C16H15BrClNO2/c17-13-2-1-3-15(10-13)21-9-8-16(20)19-11-12-4-6-14(18)7-5-12/h1-7,10H,8-9,11H2,(H,19,20). The second kappa shape index (κ2) is 8.05. The molecule has 2 aromatic carbocycles. The van der Waals surface area contributed by atoms with E-state index in [9.17, 15) is 4.79 Å². The van der Waals surface area contributed by atoms with E-state index in [1.54, 1.807) is 12.1 Å². The molecule has 1 N–H and O–H groups in total. The van der Waals surface area contributed by atoms with Crippen molar-refractivity contribution in [3.05, 3.63) is 63.6 Å². The number of amides is 1. The topological polar surface area (TPSA) is 38.3 Å². The van der Waals surface area contributed by atoms with Gasteiger partial charge in [-0.05, 0) is 35.9 Å². The number of carbonyl (C=O) groups excluding carboxylic acids is 1. The summed E-state index contributed by atoms with van der Waals surface area (Å²) in [6.45, 7) is 0.843. The van der Waals surface area contributed by atoms with Gasteiger partial charge in [0, 0.05) is 16.0 Å². The van der Waals surface area contributed by atoms with E-state index in [1.165, 1.54) is 0 Å². The molecular formula is C16H15BrClNO2. The summed E-state index contributed by atoms with van der Waals surface area (Å²) in [6, 6.07) is 14.9. The second-order valence-electron chi connectivity index (χ2n) is 4.46. The van der Waals surface area contributed by atoms with Gasteiger partial charge in [-0.25, -0.2) is 0 Å². The third-order valence-electron chi connectivity index (χ3n) is 2.80. The average molecular weight is 369 g/mol. The van der Waals surface area contributed by atoms with Gasteiger partial charge >= 0.3 is 0 Å². The van der Waals surface area contributed by atoms with Crippen LogP contribution < -0.4 is 10.1 Å². The molecule has 0 radical (unpaired) electrons. The lowest BCUT2D eigenvalue weighted by Gasteiger charge is -2.08. The van der Waals surface area contributed by atoms with Crippen molar-refractivity contribution in [2.45, 2.75) is 13.0 Å². The van der Waals surface area contributed by atoms with Crippen molar-refractivity contribution in [1.29, 1.82) is 0 Å². The molecule has 5 heteroatoms. The normalized spacial score (nSPS) is 10.2. The summed E-state index contributed by atoms with van der Waals surface area (Å²) < 4.78 is 6.47. The van der Waals surface area contributed by atoms with Crippen molar-refractivity contribution in [3.63, 3.8) is 0 Å². The second-order valence-corrected chi connectivity index (χ2v) is 5.81. The van der Waals surface area contributed by atoms with Gasteiger partial charge in [-0.1, -0.05) is 45.7 Å². The number of ether oxygens (including phenoxy) is 1. The highest BCUT2D eigenvalue weighted by atomic mass is 79.9. The predicted octanol–water partition coefficient (Wildman–Crippen LogP) is 4.19. The van der Waals surface area contributed by atoms with Crippen LogP contribution in [0.25, 0.3) is 0 Å². The smallest absolute Gasteiger partial charge is 0.223 e. The largest absolute Gasteiger partial charge is 0.493 e. The Labute approximate surface area is 137 Å². The van der Waals surface area contributed by atoms with E-state index in [-0.39, 0.29) is 5.91 Å². The molecular weight excluding hydrogens is 354 g/mol. The summed E-state index contributed by atoms with van der Waals surface area (Å²) in [6.07, 6.45) is 0.320. The van der Waals surface area contributed by atoms with Gasteiger partial charge in [0.15, 0.2) is 0 Å². The van der Waals surface area contributed by atoms with Gasteiger partial charge in [-0.3, -0.25) is 4.79 Å². The molecule has 0 heterocycles. The van der Waals surface area contributed by atoms with E-state index >= 15 is 0 Å². The van der Waals surface area contributed by atoms with Gasteiger partial charge in [0.1, 0.15) is 5.75 Å². The first-order chi connectivity index (χ1) is 10.1. The zero-order chi connectivity index (χ0) is 15.1. The minimum atomic E-state index is -0.0417. The van der Waals surface area contributed by atoms with Crippen molar-refractivity contribution in [1.82, 2.24) is 5.32 Å². The molecule has 2 rings (SSSR count). The minimum absolute atomic E-state index is 0.0417. The molecule has 0 bridgehead atoms. The van der Waals surface area contributed by atoms with Gasteiger partial charge in [-0.2, -0.15) is 0 Å². The van der Waals surface area contributed by atoms with Crippen LogP contribution in [-0.2, 0) is 11.3 Å². The van der Waals surface area contributed by atoms with Crippen LogP contribution in [0.1, 0.15) is 12.0 Å². The minimum Gasteiger partial charge on any atom is -0.493 e. The zero-order valence-electron chi connectivity index (χ0n) is 11.3. The first-order valence-corrected chi connectivity index (χ1v) is 7.70. The lowest BCUT2D eigenvalue weighted by molar-refractivity contribution is -0.121. The van der Waals surface area contributed by atoms with Crippen LogP contribution >= 0.6 is 27.5 Å². The molecule has 0 saturated heterocycles. The monoisotopic (exact) mass is 367 g/mol. The van der Waals surface area contributed by atoms with Crippen LogP contribution in [0.15, 0.2) is 53.0 Å². The van der Waals surface area contributed by atoms with Crippen molar-refractivity contribution < 1.29 is 9.53 Å². The summed E-state index contributed by atoms with van der Waals surface area (Å²) >= 11 is 9.18. The molecule has 0 aliphatic rings. The fraction of sp³-hybridized carbons (Fsp3) is 0.188. The number of halogens is 2. The molecule has 2 aromatic rings. The summed E-state index contributed by atoms with van der Waals surface area (Å²) in [5, 5.41) is 3.53. The molecule has 1 amide bonds. The van der Waals surface area contributed by atoms with Crippen molar-refractivity contribution >= 4 is 33.4 Å². The van der Waals surface area contributed by atoms with Gasteiger partial charge in [0.05, 0.1) is 13.0 Å². The molecule has 0 atom stereocenters. The Balaban J connectivity index is 1.69. The van der Waals surface area contributed by atoms with Gasteiger partial charge < -0.3 is 10.1 Å². The van der Waals surface area contributed by atoms with Gasteiger partial charge in [0.25, 0.3) is 0 Å². The highest BCUT2D eigenvalue weighted by Gasteiger charge is 2.02. The molecule has 0 aliphatic heterocycles. The van der Waals surface area contributed by atoms with E-state index < -0.39 is 0 Å². The van der Waals surface area contributed by atoms with E-state index in [0.717, 1.165) is 15.8 Å². The lowest BCUT2D eigenvalue weighted by Crippen LogP contribution is -2.24. The SMILES string of the molecule is O=C(CCOc1cccc(Br)c1)NCc1ccc(Cl)cc1. The molecule has 0 aromatic heterocycles. The van der Waals surface area contributed by atoms with Crippen LogP contribution in [0.4, 0.5) is 0 Å². The molecule has 3 nitrogen and oxygen atoms in total. The van der Waals surface area contributed by atoms with E-state index in [1.807, 2.05) is 36.4 Å². The fourth-order valence-electron chi connectivity index (χ4n) is 1.71. The van der Waals surface area contributed by atoms with Crippen molar-refractivity contribution in [3.8, 4) is 5.75 Å². The molecule has 21 heavy (non-hydrogen) atoms. The summed E-state index contributed by atoms with van der Waals surface area (Å²) in [4.78, 5) is 11.7. The maximum absolute atomic E-state index is 11.7. The summed E-state index contributed by atoms with van der Waals surface area (Å²) in [5.74, 6) is 0.704. The molecule has 110 valence electrons. The number of hydrogen-bond donors (Lipinski definition) is 1. The molecule has 0 aliphatic carbocycles. The quantitative estimate of drug-likeness (QED) is 0.830. The molecule has 0 spiro atoms. The number of carbonyl (C=O) groups is 1. The highest BCUT2D eigenvalue weighted by molar-refractivity contribution is 9.10. The van der Waals surface area contributed by atoms with Crippen LogP contribution in [0.3, 0.4) is 0 Å². The highest BCUT2D eigenvalue weighted by Crippen LogP contribution is 2.17. The Morgan fingerprint density at radius 1 is 1.19 bits per heavy atom. The number of hydrogen-bond acceptors (Lipinski definition) is 2. The maximum atomic E-state index is 11.7. The van der Waals surface area contributed by atoms with E-state index in [2.05, 4.69) is 21.2 Å². The Bertz CT molecular complexity index is 601. The number of nitrogens with one attached hydrogen (secondary N) is 1. The number of rotatable bonds is 6. The van der Waals surface area contributed by atoms with Crippen molar-refractivity contribution in [2.24, 2.45) is 0 Å².